The van der Waals surface area contributed by atoms with Crippen LogP contribution in [0.3, 0.4) is 0 Å². The first kappa shape index (κ1) is 12.9. The normalized spacial score (nSPS) is 13.3. The van der Waals surface area contributed by atoms with E-state index in [2.05, 4.69) is 0 Å². The van der Waals surface area contributed by atoms with Gasteiger partial charge in [-0.2, -0.15) is 0 Å². The molecular weight excluding hydrogens is 184 g/mol. The van der Waals surface area contributed by atoms with Gasteiger partial charge in [0.15, 0.2) is 0 Å². The first-order valence-corrected chi connectivity index (χ1v) is 4.41. The Bertz CT molecular complexity index is 231. The summed E-state index contributed by atoms with van der Waals surface area (Å²) in [5, 5.41) is 0. The van der Waals surface area contributed by atoms with E-state index >= 15 is 0 Å². The molecular formula is C9H18N2O3. The molecule has 0 aliphatic rings. The largest absolute Gasteiger partial charge is 0.443 e. The van der Waals surface area contributed by atoms with Gasteiger partial charge >= 0.3 is 6.09 Å². The van der Waals surface area contributed by atoms with E-state index in [-0.39, 0.29) is 0 Å². The highest BCUT2D eigenvalue weighted by Crippen LogP contribution is 2.09. The topological polar surface area (TPSA) is 72.6 Å². The van der Waals surface area contributed by atoms with E-state index in [4.69, 9.17) is 10.5 Å². The van der Waals surface area contributed by atoms with Crippen molar-refractivity contribution in [1.82, 2.24) is 4.90 Å². The van der Waals surface area contributed by atoms with Crippen LogP contribution in [0.5, 0.6) is 0 Å². The minimum atomic E-state index is -0.701. The number of carbonyl (C=O) groups excluding carboxylic acids is 2. The number of likely N-dealkylation sites (N-methyl/N-ethyl adjacent to an activating group) is 1. The molecule has 0 aliphatic heterocycles. The molecule has 82 valence electrons. The molecule has 0 aliphatic carbocycles. The summed E-state index contributed by atoms with van der Waals surface area (Å²) in [6.45, 7) is 6.71. The Morgan fingerprint density at radius 2 is 1.79 bits per heavy atom. The van der Waals surface area contributed by atoms with Crippen molar-refractivity contribution in [2.75, 3.05) is 7.05 Å². The molecule has 0 fully saturated rings. The molecule has 0 saturated heterocycles. The van der Waals surface area contributed by atoms with Crippen LogP contribution < -0.4 is 5.73 Å². The average molecular weight is 202 g/mol. The number of ether oxygens (including phenoxy) is 1. The lowest BCUT2D eigenvalue weighted by Gasteiger charge is -2.24. The van der Waals surface area contributed by atoms with E-state index < -0.39 is 23.6 Å². The van der Waals surface area contributed by atoms with E-state index in [1.807, 2.05) is 0 Å². The first-order valence-electron chi connectivity index (χ1n) is 4.41. The van der Waals surface area contributed by atoms with E-state index in [0.29, 0.717) is 0 Å². The summed E-state index contributed by atoms with van der Waals surface area (Å²) >= 11 is 0. The van der Waals surface area contributed by atoms with Gasteiger partial charge in [-0.1, -0.05) is 0 Å². The number of hydrogen-bond acceptors (Lipinski definition) is 4. The van der Waals surface area contributed by atoms with E-state index in [0.717, 1.165) is 4.90 Å². The molecule has 0 bridgehead atoms. The summed E-state index contributed by atoms with van der Waals surface area (Å²) in [5.74, 6) is -0.459. The number of nitrogens with two attached hydrogens (primary N) is 1. The third-order valence-corrected chi connectivity index (χ3v) is 1.39. The zero-order valence-electron chi connectivity index (χ0n) is 9.33. The van der Waals surface area contributed by atoms with Crippen LogP contribution in [-0.4, -0.2) is 35.6 Å². The quantitative estimate of drug-likeness (QED) is 0.680. The maximum atomic E-state index is 11.3. The molecule has 0 aromatic rings. The van der Waals surface area contributed by atoms with Gasteiger partial charge in [0.05, 0.1) is 6.04 Å². The van der Waals surface area contributed by atoms with Crippen molar-refractivity contribution in [2.24, 2.45) is 5.73 Å². The number of rotatable bonds is 1. The van der Waals surface area contributed by atoms with Crippen LogP contribution in [0.25, 0.3) is 0 Å². The Morgan fingerprint density at radius 3 is 2.07 bits per heavy atom. The number of amides is 2. The van der Waals surface area contributed by atoms with Gasteiger partial charge in [-0.15, -0.1) is 0 Å². The monoisotopic (exact) mass is 202 g/mol. The Labute approximate surface area is 84.2 Å². The van der Waals surface area contributed by atoms with Crippen LogP contribution in [-0.2, 0) is 9.53 Å². The summed E-state index contributed by atoms with van der Waals surface area (Å²) in [7, 11) is 1.35. The second-order valence-corrected chi connectivity index (χ2v) is 4.17. The Hall–Kier alpha value is -1.10. The lowest BCUT2D eigenvalue weighted by Crippen LogP contribution is -2.45. The van der Waals surface area contributed by atoms with Crippen molar-refractivity contribution in [1.29, 1.82) is 0 Å². The maximum Gasteiger partial charge on any atom is 0.416 e. The maximum absolute atomic E-state index is 11.3. The van der Waals surface area contributed by atoms with Gasteiger partial charge in [-0.25, -0.2) is 9.69 Å². The fourth-order valence-corrected chi connectivity index (χ4v) is 0.726. The molecule has 0 spiro atoms. The molecule has 0 radical (unpaired) electrons. The van der Waals surface area contributed by atoms with Crippen LogP contribution in [0.2, 0.25) is 0 Å². The molecule has 0 aromatic carbocycles. The van der Waals surface area contributed by atoms with E-state index in [1.54, 1.807) is 20.8 Å². The minimum absolute atomic E-state index is 0.459. The number of carbonyl (C=O) groups is 2. The predicted octanol–water partition coefficient (Wildman–Crippen LogP) is 0.727. The van der Waals surface area contributed by atoms with Gasteiger partial charge in [-0.3, -0.25) is 4.79 Å². The Morgan fingerprint density at radius 1 is 1.36 bits per heavy atom. The fraction of sp³-hybridized carbons (Fsp3) is 0.778. The third kappa shape index (κ3) is 4.23. The number of imide groups is 1. The zero-order valence-corrected chi connectivity index (χ0v) is 9.33. The highest BCUT2D eigenvalue weighted by molar-refractivity contribution is 5.94. The van der Waals surface area contributed by atoms with E-state index in [9.17, 15) is 9.59 Å². The van der Waals surface area contributed by atoms with Crippen molar-refractivity contribution in [2.45, 2.75) is 39.3 Å². The molecule has 14 heavy (non-hydrogen) atoms. The van der Waals surface area contributed by atoms with Crippen molar-refractivity contribution >= 4 is 12.0 Å². The smallest absolute Gasteiger partial charge is 0.416 e. The second-order valence-electron chi connectivity index (χ2n) is 4.17. The highest BCUT2D eigenvalue weighted by Gasteiger charge is 2.25. The van der Waals surface area contributed by atoms with Crippen molar-refractivity contribution in [3.63, 3.8) is 0 Å². The number of hydrogen-bond donors (Lipinski definition) is 1. The summed E-state index contributed by atoms with van der Waals surface area (Å²) in [4.78, 5) is 23.5. The molecule has 0 saturated carbocycles. The Balaban J connectivity index is 4.34. The van der Waals surface area contributed by atoms with Crippen LogP contribution in [0, 0.1) is 0 Å². The second kappa shape index (κ2) is 4.41. The van der Waals surface area contributed by atoms with Crippen molar-refractivity contribution in [3.05, 3.63) is 0 Å². The minimum Gasteiger partial charge on any atom is -0.443 e. The van der Waals surface area contributed by atoms with Crippen molar-refractivity contribution < 1.29 is 14.3 Å². The van der Waals surface area contributed by atoms with Gasteiger partial charge in [0, 0.05) is 7.05 Å². The summed E-state index contributed by atoms with van der Waals surface area (Å²) in [5.41, 5.74) is 4.73. The van der Waals surface area contributed by atoms with Gasteiger partial charge < -0.3 is 10.5 Å². The summed E-state index contributed by atoms with van der Waals surface area (Å²) < 4.78 is 4.98. The summed E-state index contributed by atoms with van der Waals surface area (Å²) in [6, 6.07) is -0.701. The zero-order chi connectivity index (χ0) is 11.5. The molecule has 0 rings (SSSR count). The molecule has 2 amide bonds. The Kier molecular flexibility index (Phi) is 4.07. The molecule has 0 unspecified atom stereocenters. The number of nitrogens with zero attached hydrogens (tertiary/aromatic N) is 1. The SMILES string of the molecule is C[C@H](N)C(=O)N(C)C(=O)OC(C)(C)C. The fourth-order valence-electron chi connectivity index (χ4n) is 0.726. The molecule has 5 nitrogen and oxygen atoms in total. The van der Waals surface area contributed by atoms with Crippen LogP contribution in [0.4, 0.5) is 4.79 Å². The molecule has 5 heteroatoms. The summed E-state index contributed by atoms with van der Waals surface area (Å²) in [6.07, 6.45) is -0.681. The van der Waals surface area contributed by atoms with Gasteiger partial charge in [-0.05, 0) is 27.7 Å². The van der Waals surface area contributed by atoms with Gasteiger partial charge in [0.1, 0.15) is 5.60 Å². The van der Waals surface area contributed by atoms with Crippen LogP contribution in [0.1, 0.15) is 27.7 Å². The standard InChI is InChI=1S/C9H18N2O3/c1-6(10)7(12)11(5)8(13)14-9(2,3)4/h6H,10H2,1-5H3/t6-/m0/s1. The third-order valence-electron chi connectivity index (χ3n) is 1.39. The molecule has 2 N–H and O–H groups in total. The molecule has 0 heterocycles. The van der Waals surface area contributed by atoms with E-state index in [1.165, 1.54) is 14.0 Å². The van der Waals surface area contributed by atoms with Gasteiger partial charge in [0.2, 0.25) is 5.91 Å². The lowest BCUT2D eigenvalue weighted by atomic mass is 10.2. The van der Waals surface area contributed by atoms with Crippen molar-refractivity contribution in [3.8, 4) is 0 Å². The highest BCUT2D eigenvalue weighted by atomic mass is 16.6. The first-order chi connectivity index (χ1) is 6.15. The van der Waals surface area contributed by atoms with Gasteiger partial charge in [0.25, 0.3) is 0 Å². The molecule has 0 aromatic heterocycles. The molecule has 1 atom stereocenters. The average Bonchev–Trinajstić information content (AvgIpc) is 1.98. The van der Waals surface area contributed by atoms with Crippen LogP contribution in [0.15, 0.2) is 0 Å². The predicted molar refractivity (Wildman–Crippen MR) is 52.7 cm³/mol. The van der Waals surface area contributed by atoms with Crippen LogP contribution >= 0.6 is 0 Å². The lowest BCUT2D eigenvalue weighted by molar-refractivity contribution is -0.130.